The molecule has 1 N–H and O–H groups in total. The molecule has 4 nitrogen and oxygen atoms in total. The molecule has 1 saturated heterocycles. The van der Waals surface area contributed by atoms with Gasteiger partial charge in [-0.1, -0.05) is 55.3 Å². The van der Waals surface area contributed by atoms with Crippen molar-refractivity contribution < 1.29 is 19.4 Å². The van der Waals surface area contributed by atoms with Crippen LogP contribution in [0.1, 0.15) is 56.4 Å². The molecule has 1 aliphatic heterocycles. The van der Waals surface area contributed by atoms with Crippen molar-refractivity contribution in [1.82, 2.24) is 0 Å². The highest BCUT2D eigenvalue weighted by molar-refractivity contribution is 5.23. The highest BCUT2D eigenvalue weighted by atomic mass is 16.7. The molecule has 0 bridgehead atoms. The Bertz CT molecular complexity index is 500. The quantitative estimate of drug-likeness (QED) is 0.762. The second-order valence-electron chi connectivity index (χ2n) is 6.26. The number of ether oxygens (including phenoxy) is 2. The largest absolute Gasteiger partial charge is 0.393 e. The molecule has 134 valence electrons. The van der Waals surface area contributed by atoms with Crippen LogP contribution in [0.5, 0.6) is 0 Å². The smallest absolute Gasteiger partial charge is 0.184 e. The number of aliphatic hydroxyl groups excluding tert-OH is 1. The summed E-state index contributed by atoms with van der Waals surface area (Å²) >= 11 is 0. The number of aryl methyl sites for hydroxylation is 1. The van der Waals surface area contributed by atoms with E-state index in [1.54, 1.807) is 0 Å². The molecule has 1 heterocycles. The molecule has 0 unspecified atom stereocenters. The average molecular weight is 334 g/mol. The fourth-order valence-electron chi connectivity index (χ4n) is 2.93. The summed E-state index contributed by atoms with van der Waals surface area (Å²) in [7, 11) is 0. The first kappa shape index (κ1) is 20.6. The maximum absolute atomic E-state index is 10.2. The lowest BCUT2D eigenvalue weighted by Gasteiger charge is -2.32. The van der Waals surface area contributed by atoms with Gasteiger partial charge in [0, 0.05) is 12.0 Å². The molecule has 1 aliphatic rings. The third-order valence-electron chi connectivity index (χ3n) is 4.00. The fourth-order valence-corrected chi connectivity index (χ4v) is 2.93. The van der Waals surface area contributed by atoms with Crippen molar-refractivity contribution in [1.29, 1.82) is 0 Å². The van der Waals surface area contributed by atoms with Gasteiger partial charge in [-0.2, -0.15) is 0 Å². The maximum Gasteiger partial charge on any atom is 0.184 e. The van der Waals surface area contributed by atoms with Crippen LogP contribution >= 0.6 is 0 Å². The summed E-state index contributed by atoms with van der Waals surface area (Å²) in [4.78, 5) is 8.00. The zero-order valence-corrected chi connectivity index (χ0v) is 14.9. The first-order valence-electron chi connectivity index (χ1n) is 8.55. The summed E-state index contributed by atoms with van der Waals surface area (Å²) < 4.78 is 11.8. The van der Waals surface area contributed by atoms with Gasteiger partial charge >= 0.3 is 0 Å². The summed E-state index contributed by atoms with van der Waals surface area (Å²) in [6.07, 6.45) is 3.57. The van der Waals surface area contributed by atoms with Crippen LogP contribution in [0.3, 0.4) is 0 Å². The van der Waals surface area contributed by atoms with Gasteiger partial charge in [0.15, 0.2) is 6.29 Å². The zero-order chi connectivity index (χ0) is 17.9. The van der Waals surface area contributed by atoms with Gasteiger partial charge in [-0.25, -0.2) is 0 Å². The maximum atomic E-state index is 10.2. The van der Waals surface area contributed by atoms with Crippen LogP contribution in [0, 0.1) is 6.92 Å². The van der Waals surface area contributed by atoms with Crippen LogP contribution in [0.2, 0.25) is 0 Å². The van der Waals surface area contributed by atoms with Gasteiger partial charge in [0.05, 0.1) is 18.8 Å². The molecule has 0 aromatic heterocycles. The lowest BCUT2D eigenvalue weighted by Crippen LogP contribution is -2.30. The van der Waals surface area contributed by atoms with Crippen LogP contribution in [-0.2, 0) is 14.3 Å². The zero-order valence-electron chi connectivity index (χ0n) is 14.9. The molecule has 4 heteroatoms. The predicted molar refractivity (Wildman–Crippen MR) is 95.8 cm³/mol. The third-order valence-corrected chi connectivity index (χ3v) is 4.00. The molecule has 0 saturated carbocycles. The summed E-state index contributed by atoms with van der Waals surface area (Å²) in [6, 6.07) is 8.20. The molecule has 2 rings (SSSR count). The van der Waals surface area contributed by atoms with E-state index in [4.69, 9.17) is 14.3 Å². The predicted octanol–water partition coefficient (Wildman–Crippen LogP) is 4.11. The topological polar surface area (TPSA) is 55.8 Å². The minimum absolute atomic E-state index is 0.0451. The monoisotopic (exact) mass is 334 g/mol. The van der Waals surface area contributed by atoms with Gasteiger partial charge in [0.25, 0.3) is 0 Å². The van der Waals surface area contributed by atoms with Gasteiger partial charge in [-0.3, -0.25) is 0 Å². The van der Waals surface area contributed by atoms with E-state index >= 15 is 0 Å². The van der Waals surface area contributed by atoms with Gasteiger partial charge < -0.3 is 19.4 Å². The summed E-state index contributed by atoms with van der Waals surface area (Å²) in [5.74, 6) is 0. The Morgan fingerprint density at radius 1 is 1.42 bits per heavy atom. The van der Waals surface area contributed by atoms with Crippen molar-refractivity contribution in [2.75, 3.05) is 6.61 Å². The molecular formula is C20H30O4. The van der Waals surface area contributed by atoms with E-state index in [0.717, 1.165) is 30.4 Å². The van der Waals surface area contributed by atoms with Crippen LogP contribution < -0.4 is 0 Å². The van der Waals surface area contributed by atoms with Gasteiger partial charge in [-0.15, -0.1) is 0 Å². The molecule has 1 fully saturated rings. The summed E-state index contributed by atoms with van der Waals surface area (Å²) in [5, 5.41) is 10.2. The average Bonchev–Trinajstić information content (AvgIpc) is 2.57. The molecule has 0 spiro atoms. The Kier molecular flexibility index (Phi) is 9.53. The minimum Gasteiger partial charge on any atom is -0.393 e. The van der Waals surface area contributed by atoms with Gasteiger partial charge in [0.1, 0.15) is 6.79 Å². The third kappa shape index (κ3) is 6.95. The van der Waals surface area contributed by atoms with E-state index in [-0.39, 0.29) is 18.5 Å². The number of aliphatic hydroxyl groups is 1. The number of rotatable bonds is 7. The van der Waals surface area contributed by atoms with Crippen LogP contribution in [0.25, 0.3) is 0 Å². The minimum atomic E-state index is -0.375. The number of carbonyl (C=O) groups excluding carboxylic acids is 1. The van der Waals surface area contributed by atoms with E-state index in [9.17, 15) is 5.11 Å². The van der Waals surface area contributed by atoms with Crippen molar-refractivity contribution in [2.24, 2.45) is 0 Å². The van der Waals surface area contributed by atoms with Crippen LogP contribution in [0.15, 0.2) is 36.4 Å². The Morgan fingerprint density at radius 3 is 2.83 bits per heavy atom. The number of hydrogen-bond donors (Lipinski definition) is 1. The molecule has 1 aromatic carbocycles. The Balaban J connectivity index is 0.00000139. The van der Waals surface area contributed by atoms with Gasteiger partial charge in [0.2, 0.25) is 0 Å². The fraction of sp³-hybridized carbons (Fsp3) is 0.550. The standard InChI is InChI=1S/C19H28O3.CH2O/c1-4-6-14(2)12-17(20)13-18-9-10-21-19(22-18)16-8-5-7-15(3)11-16;1-2/h5,7-8,11,17-20H,2,4,6,9-10,12-13H2,1,3H3;1H2/t17-,18+,19+;/m1./s1. The van der Waals surface area contributed by atoms with Crippen molar-refractivity contribution in [3.63, 3.8) is 0 Å². The SMILES string of the molecule is C=C(CCC)C[C@@H](O)C[C@@H]1CCO[C@H](c2cccc(C)c2)O1.C=O. The molecular weight excluding hydrogens is 304 g/mol. The second-order valence-corrected chi connectivity index (χ2v) is 6.26. The Labute approximate surface area is 145 Å². The molecule has 0 aliphatic carbocycles. The van der Waals surface area contributed by atoms with E-state index in [1.165, 1.54) is 5.56 Å². The summed E-state index contributed by atoms with van der Waals surface area (Å²) in [5.41, 5.74) is 3.37. The number of benzene rings is 1. The van der Waals surface area contributed by atoms with E-state index in [0.29, 0.717) is 19.4 Å². The normalized spacial score (nSPS) is 21.5. The molecule has 0 amide bonds. The van der Waals surface area contributed by atoms with Crippen molar-refractivity contribution in [2.45, 2.75) is 64.4 Å². The first-order chi connectivity index (χ1) is 11.6. The lowest BCUT2D eigenvalue weighted by atomic mass is 9.99. The number of carbonyl (C=O) groups is 1. The van der Waals surface area contributed by atoms with Crippen LogP contribution in [0.4, 0.5) is 0 Å². The van der Waals surface area contributed by atoms with E-state index < -0.39 is 0 Å². The molecule has 1 aromatic rings. The summed E-state index contributed by atoms with van der Waals surface area (Å²) in [6.45, 7) is 10.9. The van der Waals surface area contributed by atoms with Crippen molar-refractivity contribution in [3.05, 3.63) is 47.5 Å². The number of hydrogen-bond acceptors (Lipinski definition) is 4. The molecule has 0 radical (unpaired) electrons. The highest BCUT2D eigenvalue weighted by Gasteiger charge is 2.26. The van der Waals surface area contributed by atoms with E-state index in [2.05, 4.69) is 32.6 Å². The highest BCUT2D eigenvalue weighted by Crippen LogP contribution is 2.29. The van der Waals surface area contributed by atoms with Crippen LogP contribution in [-0.4, -0.2) is 30.7 Å². The second kappa shape index (κ2) is 11.1. The van der Waals surface area contributed by atoms with Gasteiger partial charge in [-0.05, 0) is 26.2 Å². The van der Waals surface area contributed by atoms with Crippen molar-refractivity contribution in [3.8, 4) is 0 Å². The lowest BCUT2D eigenvalue weighted by molar-refractivity contribution is -0.222. The molecule has 24 heavy (non-hydrogen) atoms. The molecule has 3 atom stereocenters. The Hall–Kier alpha value is -1.49. The van der Waals surface area contributed by atoms with Crippen molar-refractivity contribution >= 4 is 6.79 Å². The first-order valence-corrected chi connectivity index (χ1v) is 8.55. The van der Waals surface area contributed by atoms with E-state index in [1.807, 2.05) is 18.9 Å². The Morgan fingerprint density at radius 2 is 2.17 bits per heavy atom.